The minimum Gasteiger partial charge on any atom is -0.354 e. The molecule has 0 radical (unpaired) electrons. The predicted octanol–water partition coefficient (Wildman–Crippen LogP) is 3.10. The first-order valence-electron chi connectivity index (χ1n) is 8.37. The Morgan fingerprint density at radius 1 is 1.08 bits per heavy atom. The van der Waals surface area contributed by atoms with E-state index in [4.69, 9.17) is 0 Å². The molecule has 0 unspecified atom stereocenters. The second-order valence-corrected chi connectivity index (χ2v) is 5.85. The number of aryl methyl sites for hydroxylation is 1. The van der Waals surface area contributed by atoms with Crippen molar-refractivity contribution in [3.8, 4) is 0 Å². The normalized spacial score (nSPS) is 10.4. The van der Waals surface area contributed by atoms with E-state index in [1.54, 1.807) is 17.0 Å². The van der Waals surface area contributed by atoms with E-state index in [-0.39, 0.29) is 24.1 Å². The fourth-order valence-electron chi connectivity index (χ4n) is 2.58. The number of anilines is 1. The zero-order valence-electron chi connectivity index (χ0n) is 14.6. The zero-order chi connectivity index (χ0) is 18.2. The summed E-state index contributed by atoms with van der Waals surface area (Å²) in [6.07, 6.45) is 1.06. The number of hydrogen-bond donors (Lipinski definition) is 1. The lowest BCUT2D eigenvalue weighted by Gasteiger charge is -2.21. The molecule has 0 aromatic heterocycles. The van der Waals surface area contributed by atoms with Gasteiger partial charge in [0.2, 0.25) is 11.8 Å². The van der Waals surface area contributed by atoms with E-state index in [1.807, 2.05) is 24.3 Å². The summed E-state index contributed by atoms with van der Waals surface area (Å²) in [6.45, 7) is 4.30. The third kappa shape index (κ3) is 5.71. The van der Waals surface area contributed by atoms with Gasteiger partial charge in [0.15, 0.2) is 0 Å². The summed E-state index contributed by atoms with van der Waals surface area (Å²) in [7, 11) is 0. The van der Waals surface area contributed by atoms with E-state index < -0.39 is 0 Å². The summed E-state index contributed by atoms with van der Waals surface area (Å²) in [4.78, 5) is 25.5. The van der Waals surface area contributed by atoms with Crippen LogP contribution in [-0.2, 0) is 22.4 Å². The summed E-state index contributed by atoms with van der Waals surface area (Å²) in [5.74, 6) is -0.636. The van der Waals surface area contributed by atoms with Gasteiger partial charge < -0.3 is 10.2 Å². The highest BCUT2D eigenvalue weighted by atomic mass is 19.1. The predicted molar refractivity (Wildman–Crippen MR) is 97.0 cm³/mol. The third-order valence-electron chi connectivity index (χ3n) is 3.95. The number of amides is 2. The van der Waals surface area contributed by atoms with Crippen LogP contribution in [0.3, 0.4) is 0 Å². The van der Waals surface area contributed by atoms with Gasteiger partial charge in [-0.2, -0.15) is 0 Å². The maximum atomic E-state index is 13.1. The summed E-state index contributed by atoms with van der Waals surface area (Å²) in [6, 6.07) is 13.8. The smallest absolute Gasteiger partial charge is 0.224 e. The molecule has 0 aliphatic rings. The molecule has 2 rings (SSSR count). The van der Waals surface area contributed by atoms with Gasteiger partial charge in [0.1, 0.15) is 5.82 Å². The molecule has 0 bridgehead atoms. The fourth-order valence-corrected chi connectivity index (χ4v) is 2.58. The molecule has 0 atom stereocenters. The highest BCUT2D eigenvalue weighted by Gasteiger charge is 2.12. The lowest BCUT2D eigenvalue weighted by Crippen LogP contribution is -2.38. The number of halogens is 1. The average molecular weight is 342 g/mol. The molecule has 2 aromatic carbocycles. The van der Waals surface area contributed by atoms with Crippen molar-refractivity contribution < 1.29 is 14.0 Å². The van der Waals surface area contributed by atoms with Crippen LogP contribution in [0.4, 0.5) is 10.1 Å². The molecule has 2 amide bonds. The van der Waals surface area contributed by atoms with Crippen LogP contribution in [0.2, 0.25) is 0 Å². The van der Waals surface area contributed by atoms with Crippen molar-refractivity contribution in [3.63, 3.8) is 0 Å². The molecule has 5 heteroatoms. The van der Waals surface area contributed by atoms with Crippen LogP contribution < -0.4 is 10.2 Å². The van der Waals surface area contributed by atoms with Crippen molar-refractivity contribution in [1.82, 2.24) is 5.32 Å². The van der Waals surface area contributed by atoms with Crippen molar-refractivity contribution in [3.05, 3.63) is 65.5 Å². The van der Waals surface area contributed by atoms with Crippen LogP contribution in [0.5, 0.6) is 0 Å². The first-order valence-corrected chi connectivity index (χ1v) is 8.37. The van der Waals surface area contributed by atoms with Gasteiger partial charge >= 0.3 is 0 Å². The van der Waals surface area contributed by atoms with Crippen LogP contribution in [0, 0.1) is 5.82 Å². The van der Waals surface area contributed by atoms with Gasteiger partial charge in [0.25, 0.3) is 0 Å². The Morgan fingerprint density at radius 2 is 1.80 bits per heavy atom. The highest BCUT2D eigenvalue weighted by molar-refractivity contribution is 5.91. The maximum absolute atomic E-state index is 13.1. The van der Waals surface area contributed by atoms with Crippen LogP contribution in [-0.4, -0.2) is 24.9 Å². The largest absolute Gasteiger partial charge is 0.354 e. The minimum atomic E-state index is -0.358. The summed E-state index contributed by atoms with van der Waals surface area (Å²) in [5, 5.41) is 2.77. The molecule has 0 saturated carbocycles. The first kappa shape index (κ1) is 18.6. The summed E-state index contributed by atoms with van der Waals surface area (Å²) in [5.41, 5.74) is 2.64. The topological polar surface area (TPSA) is 49.4 Å². The van der Waals surface area contributed by atoms with Gasteiger partial charge in [-0.3, -0.25) is 9.59 Å². The molecule has 0 spiro atoms. The van der Waals surface area contributed by atoms with Gasteiger partial charge in [-0.25, -0.2) is 4.39 Å². The quantitative estimate of drug-likeness (QED) is 0.840. The molecule has 132 valence electrons. The zero-order valence-corrected chi connectivity index (χ0v) is 14.6. The van der Waals surface area contributed by atoms with Crippen LogP contribution in [0.25, 0.3) is 0 Å². The molecule has 0 saturated heterocycles. The Bertz CT molecular complexity index is 729. The Kier molecular flexibility index (Phi) is 6.69. The third-order valence-corrected chi connectivity index (χ3v) is 3.95. The Balaban J connectivity index is 1.88. The molecule has 0 heterocycles. The number of carbonyl (C=O) groups is 2. The number of nitrogens with one attached hydrogen (secondary N) is 1. The number of rotatable bonds is 7. The molecule has 4 nitrogen and oxygen atoms in total. The van der Waals surface area contributed by atoms with Crippen molar-refractivity contribution in [2.75, 3.05) is 18.0 Å². The Morgan fingerprint density at radius 3 is 2.40 bits per heavy atom. The average Bonchev–Trinajstić information content (AvgIpc) is 2.58. The summed E-state index contributed by atoms with van der Waals surface area (Å²) < 4.78 is 13.1. The number of benzene rings is 2. The van der Waals surface area contributed by atoms with Crippen molar-refractivity contribution in [2.24, 2.45) is 0 Å². The van der Waals surface area contributed by atoms with Gasteiger partial charge in [0, 0.05) is 25.7 Å². The monoisotopic (exact) mass is 342 g/mol. The van der Waals surface area contributed by atoms with E-state index in [0.29, 0.717) is 18.7 Å². The molecular formula is C20H23FN2O2. The second-order valence-electron chi connectivity index (χ2n) is 5.85. The fraction of sp³-hybridized carbons (Fsp3) is 0.300. The standard InChI is InChI=1S/C20H23FN2O2/c1-3-16-7-9-19(10-8-16)23(15(2)24)12-11-22-20(25)14-17-5-4-6-18(21)13-17/h4-10,13H,3,11-12,14H2,1-2H3,(H,22,25). The van der Waals surface area contributed by atoms with E-state index in [9.17, 15) is 14.0 Å². The molecule has 0 aliphatic heterocycles. The van der Waals surface area contributed by atoms with Gasteiger partial charge in [0.05, 0.1) is 6.42 Å². The summed E-state index contributed by atoms with van der Waals surface area (Å²) >= 11 is 0. The molecule has 1 N–H and O–H groups in total. The van der Waals surface area contributed by atoms with Gasteiger partial charge in [-0.15, -0.1) is 0 Å². The maximum Gasteiger partial charge on any atom is 0.224 e. The van der Waals surface area contributed by atoms with E-state index in [2.05, 4.69) is 12.2 Å². The van der Waals surface area contributed by atoms with E-state index in [0.717, 1.165) is 12.1 Å². The Labute approximate surface area is 147 Å². The molecular weight excluding hydrogens is 319 g/mol. The minimum absolute atomic E-state index is 0.0800. The lowest BCUT2D eigenvalue weighted by atomic mass is 10.1. The van der Waals surface area contributed by atoms with Crippen LogP contribution in [0.15, 0.2) is 48.5 Å². The first-order chi connectivity index (χ1) is 12.0. The second kappa shape index (κ2) is 8.97. The Hall–Kier alpha value is -2.69. The van der Waals surface area contributed by atoms with Crippen molar-refractivity contribution in [2.45, 2.75) is 26.7 Å². The van der Waals surface area contributed by atoms with E-state index in [1.165, 1.54) is 24.6 Å². The molecule has 0 aliphatic carbocycles. The number of hydrogen-bond acceptors (Lipinski definition) is 2. The van der Waals surface area contributed by atoms with Crippen LogP contribution >= 0.6 is 0 Å². The highest BCUT2D eigenvalue weighted by Crippen LogP contribution is 2.15. The van der Waals surface area contributed by atoms with Crippen molar-refractivity contribution in [1.29, 1.82) is 0 Å². The number of carbonyl (C=O) groups excluding carboxylic acids is 2. The van der Waals surface area contributed by atoms with Gasteiger partial charge in [-0.05, 0) is 41.8 Å². The molecule has 25 heavy (non-hydrogen) atoms. The molecule has 0 fully saturated rings. The van der Waals surface area contributed by atoms with Gasteiger partial charge in [-0.1, -0.05) is 31.2 Å². The van der Waals surface area contributed by atoms with Crippen molar-refractivity contribution >= 4 is 17.5 Å². The molecule has 2 aromatic rings. The van der Waals surface area contributed by atoms with E-state index >= 15 is 0 Å². The SMILES string of the molecule is CCc1ccc(N(CCNC(=O)Cc2cccc(F)c2)C(C)=O)cc1. The number of nitrogens with zero attached hydrogens (tertiary/aromatic N) is 1. The van der Waals surface area contributed by atoms with Crippen LogP contribution in [0.1, 0.15) is 25.0 Å². The lowest BCUT2D eigenvalue weighted by molar-refractivity contribution is -0.121.